The molecule has 1 aromatic heterocycles. The van der Waals surface area contributed by atoms with E-state index in [1.54, 1.807) is 39.1 Å². The predicted molar refractivity (Wildman–Crippen MR) is 91.8 cm³/mol. The zero-order chi connectivity index (χ0) is 17.7. The Morgan fingerprint density at radius 2 is 1.96 bits per heavy atom. The van der Waals surface area contributed by atoms with Crippen molar-refractivity contribution in [2.45, 2.75) is 33.7 Å². The van der Waals surface area contributed by atoms with Gasteiger partial charge in [-0.15, -0.1) is 0 Å². The van der Waals surface area contributed by atoms with Crippen LogP contribution in [-0.4, -0.2) is 29.0 Å². The molecule has 1 aromatic carbocycles. The lowest BCUT2D eigenvalue weighted by Crippen LogP contribution is -2.31. The van der Waals surface area contributed by atoms with Gasteiger partial charge in [0.1, 0.15) is 11.5 Å². The van der Waals surface area contributed by atoms with E-state index >= 15 is 0 Å². The molecule has 0 aliphatic heterocycles. The molecule has 128 valence electrons. The minimum atomic E-state index is -0.266. The fourth-order valence-corrected chi connectivity index (χ4v) is 2.10. The highest BCUT2D eigenvalue weighted by Gasteiger charge is 2.13. The molecule has 0 radical (unpaired) electrons. The number of nitrogens with zero attached hydrogens (tertiary/aromatic N) is 2. The molecular weight excluding hydrogens is 308 g/mol. The Morgan fingerprint density at radius 3 is 2.58 bits per heavy atom. The molecule has 0 atom stereocenters. The van der Waals surface area contributed by atoms with Crippen molar-refractivity contribution in [1.82, 2.24) is 10.1 Å². The molecule has 0 spiro atoms. The number of anilines is 2. The Bertz CT molecular complexity index is 739. The smallest absolute Gasteiger partial charge is 0.321 e. The van der Waals surface area contributed by atoms with Crippen LogP contribution in [0.25, 0.3) is 0 Å². The summed E-state index contributed by atoms with van der Waals surface area (Å²) in [7, 11) is 1.68. The van der Waals surface area contributed by atoms with E-state index in [2.05, 4.69) is 15.8 Å². The number of hydrogen-bond acceptors (Lipinski definition) is 4. The summed E-state index contributed by atoms with van der Waals surface area (Å²) in [5, 5.41) is 9.50. The van der Waals surface area contributed by atoms with Crippen molar-refractivity contribution in [3.8, 4) is 0 Å². The number of hydrogen-bond donors (Lipinski definition) is 2. The van der Waals surface area contributed by atoms with Gasteiger partial charge in [-0.3, -0.25) is 4.79 Å². The zero-order valence-corrected chi connectivity index (χ0v) is 14.3. The first-order valence-electron chi connectivity index (χ1n) is 7.74. The molecule has 2 rings (SSSR count). The lowest BCUT2D eigenvalue weighted by molar-refractivity contribution is -0.115. The summed E-state index contributed by atoms with van der Waals surface area (Å²) in [4.78, 5) is 25.3. The van der Waals surface area contributed by atoms with Crippen LogP contribution in [0.5, 0.6) is 0 Å². The van der Waals surface area contributed by atoms with E-state index in [-0.39, 0.29) is 11.9 Å². The van der Waals surface area contributed by atoms with Gasteiger partial charge in [0.05, 0.1) is 6.54 Å². The summed E-state index contributed by atoms with van der Waals surface area (Å²) in [6.07, 6.45) is 0.398. The zero-order valence-electron chi connectivity index (χ0n) is 14.3. The van der Waals surface area contributed by atoms with Crippen LogP contribution in [0.4, 0.5) is 16.2 Å². The molecule has 0 unspecified atom stereocenters. The van der Waals surface area contributed by atoms with Gasteiger partial charge < -0.3 is 20.1 Å². The lowest BCUT2D eigenvalue weighted by Gasteiger charge is -2.18. The molecule has 3 amide bonds. The lowest BCUT2D eigenvalue weighted by atomic mass is 10.1. The van der Waals surface area contributed by atoms with Crippen molar-refractivity contribution in [3.63, 3.8) is 0 Å². The van der Waals surface area contributed by atoms with Crippen LogP contribution in [0.2, 0.25) is 0 Å². The minimum Gasteiger partial charge on any atom is -0.361 e. The number of nitrogens with one attached hydrogen (secondary N) is 2. The van der Waals surface area contributed by atoms with Crippen LogP contribution in [0, 0.1) is 13.8 Å². The number of urea groups is 1. The molecule has 0 fully saturated rings. The Balaban J connectivity index is 2.04. The minimum absolute atomic E-state index is 0.0744. The largest absolute Gasteiger partial charge is 0.361 e. The fourth-order valence-electron chi connectivity index (χ4n) is 2.10. The van der Waals surface area contributed by atoms with Gasteiger partial charge in [-0.2, -0.15) is 0 Å². The van der Waals surface area contributed by atoms with Crippen LogP contribution in [0.15, 0.2) is 28.8 Å². The maximum absolute atomic E-state index is 12.3. The van der Waals surface area contributed by atoms with Crippen molar-refractivity contribution in [2.24, 2.45) is 0 Å². The molecule has 0 aliphatic carbocycles. The highest BCUT2D eigenvalue weighted by Crippen LogP contribution is 2.21. The van der Waals surface area contributed by atoms with E-state index in [0.29, 0.717) is 35.8 Å². The average molecular weight is 330 g/mol. The molecule has 2 N–H and O–H groups in total. The number of amides is 3. The monoisotopic (exact) mass is 330 g/mol. The standard InChI is InChI=1S/C17H22N4O3/c1-5-16(22)18-13-7-6-11(2)15(9-13)19-17(23)21(4)10-14-8-12(3)24-20-14/h6-9H,5,10H2,1-4H3,(H,18,22)(H,19,23). The molecule has 0 saturated heterocycles. The van der Waals surface area contributed by atoms with Gasteiger partial charge in [0.2, 0.25) is 5.91 Å². The van der Waals surface area contributed by atoms with Gasteiger partial charge >= 0.3 is 6.03 Å². The normalized spacial score (nSPS) is 10.3. The first-order valence-corrected chi connectivity index (χ1v) is 7.74. The summed E-state index contributed by atoms with van der Waals surface area (Å²) < 4.78 is 5.00. The van der Waals surface area contributed by atoms with Crippen LogP contribution in [0.3, 0.4) is 0 Å². The van der Waals surface area contributed by atoms with E-state index in [1.807, 2.05) is 13.0 Å². The van der Waals surface area contributed by atoms with Crippen molar-refractivity contribution in [3.05, 3.63) is 41.3 Å². The number of benzene rings is 1. The third-order valence-corrected chi connectivity index (χ3v) is 3.51. The third-order valence-electron chi connectivity index (χ3n) is 3.51. The van der Waals surface area contributed by atoms with Crippen LogP contribution in [0.1, 0.15) is 30.4 Å². The second-order valence-corrected chi connectivity index (χ2v) is 5.65. The summed E-state index contributed by atoms with van der Waals surface area (Å²) >= 11 is 0. The maximum Gasteiger partial charge on any atom is 0.321 e. The Labute approximate surface area is 141 Å². The van der Waals surface area contributed by atoms with Gasteiger partial charge in [-0.25, -0.2) is 4.79 Å². The predicted octanol–water partition coefficient (Wildman–Crippen LogP) is 3.30. The summed E-state index contributed by atoms with van der Waals surface area (Å²) in [5.74, 6) is 0.628. The summed E-state index contributed by atoms with van der Waals surface area (Å²) in [6.45, 7) is 5.82. The second-order valence-electron chi connectivity index (χ2n) is 5.65. The first kappa shape index (κ1) is 17.5. The van der Waals surface area contributed by atoms with Gasteiger partial charge in [0.25, 0.3) is 0 Å². The summed E-state index contributed by atoms with van der Waals surface area (Å²) in [5.41, 5.74) is 2.89. The van der Waals surface area contributed by atoms with Crippen LogP contribution >= 0.6 is 0 Å². The highest BCUT2D eigenvalue weighted by molar-refractivity contribution is 5.94. The number of carbonyl (C=O) groups is 2. The number of rotatable bonds is 5. The third kappa shape index (κ3) is 4.58. The van der Waals surface area contributed by atoms with Crippen molar-refractivity contribution < 1.29 is 14.1 Å². The second kappa shape index (κ2) is 7.63. The number of aromatic nitrogens is 1. The highest BCUT2D eigenvalue weighted by atomic mass is 16.5. The van der Waals surface area contributed by atoms with E-state index in [4.69, 9.17) is 4.52 Å². The Morgan fingerprint density at radius 1 is 1.21 bits per heavy atom. The topological polar surface area (TPSA) is 87.5 Å². The van der Waals surface area contributed by atoms with Gasteiger partial charge in [-0.05, 0) is 31.5 Å². The Hall–Kier alpha value is -2.83. The van der Waals surface area contributed by atoms with E-state index < -0.39 is 0 Å². The quantitative estimate of drug-likeness (QED) is 0.880. The molecule has 1 heterocycles. The van der Waals surface area contributed by atoms with Crippen LogP contribution < -0.4 is 10.6 Å². The molecule has 0 aliphatic rings. The van der Waals surface area contributed by atoms with E-state index in [0.717, 1.165) is 5.56 Å². The molecule has 0 saturated carbocycles. The van der Waals surface area contributed by atoms with Gasteiger partial charge in [0.15, 0.2) is 0 Å². The van der Waals surface area contributed by atoms with Crippen LogP contribution in [-0.2, 0) is 11.3 Å². The van der Waals surface area contributed by atoms with E-state index in [9.17, 15) is 9.59 Å². The van der Waals surface area contributed by atoms with E-state index in [1.165, 1.54) is 4.90 Å². The molecular formula is C17H22N4O3. The first-order chi connectivity index (χ1) is 11.4. The van der Waals surface area contributed by atoms with Gasteiger partial charge in [0, 0.05) is 30.9 Å². The maximum atomic E-state index is 12.3. The number of carbonyl (C=O) groups excluding carboxylic acids is 2. The Kier molecular flexibility index (Phi) is 5.57. The van der Waals surface area contributed by atoms with Crippen molar-refractivity contribution >= 4 is 23.3 Å². The SMILES string of the molecule is CCC(=O)Nc1ccc(C)c(NC(=O)N(C)Cc2cc(C)on2)c1. The average Bonchev–Trinajstić information content (AvgIpc) is 2.95. The fraction of sp³-hybridized carbons (Fsp3) is 0.353. The molecule has 7 heteroatoms. The molecule has 2 aromatic rings. The molecule has 7 nitrogen and oxygen atoms in total. The molecule has 24 heavy (non-hydrogen) atoms. The molecule has 0 bridgehead atoms. The van der Waals surface area contributed by atoms with Crippen molar-refractivity contribution in [1.29, 1.82) is 0 Å². The number of aryl methyl sites for hydroxylation is 2. The van der Waals surface area contributed by atoms with Gasteiger partial charge in [-0.1, -0.05) is 18.1 Å². The van der Waals surface area contributed by atoms with Crippen molar-refractivity contribution in [2.75, 3.05) is 17.7 Å². The summed E-state index contributed by atoms with van der Waals surface area (Å²) in [6, 6.07) is 6.92.